The number of aryl methyl sites for hydroxylation is 1. The van der Waals surface area contributed by atoms with Crippen LogP contribution in [0.25, 0.3) is 0 Å². The number of benzene rings is 1. The number of hydrogen-bond donors (Lipinski definition) is 0. The maximum atomic E-state index is 5.75. The van der Waals surface area contributed by atoms with Crippen LogP contribution in [0.15, 0.2) is 24.3 Å². The van der Waals surface area contributed by atoms with E-state index in [1.807, 2.05) is 6.07 Å². The number of ether oxygens (including phenoxy) is 1. The monoisotopic (exact) mass is 206 g/mol. The number of rotatable bonds is 6. The van der Waals surface area contributed by atoms with E-state index in [2.05, 4.69) is 39.0 Å². The normalized spacial score (nSPS) is 12.5. The smallest absolute Gasteiger partial charge is 0.119 e. The van der Waals surface area contributed by atoms with Gasteiger partial charge in [0.25, 0.3) is 0 Å². The molecule has 1 aromatic carbocycles. The van der Waals surface area contributed by atoms with Gasteiger partial charge in [-0.15, -0.1) is 0 Å². The fourth-order valence-electron chi connectivity index (χ4n) is 1.44. The van der Waals surface area contributed by atoms with Crippen LogP contribution in [0, 0.1) is 5.92 Å². The van der Waals surface area contributed by atoms with Gasteiger partial charge >= 0.3 is 0 Å². The highest BCUT2D eigenvalue weighted by atomic mass is 16.5. The third-order valence-electron chi connectivity index (χ3n) is 2.67. The lowest BCUT2D eigenvalue weighted by Gasteiger charge is -2.11. The molecule has 1 nitrogen and oxygen atoms in total. The first kappa shape index (κ1) is 12.1. The van der Waals surface area contributed by atoms with Crippen molar-refractivity contribution in [2.75, 3.05) is 6.61 Å². The van der Waals surface area contributed by atoms with E-state index < -0.39 is 0 Å². The van der Waals surface area contributed by atoms with Gasteiger partial charge in [-0.1, -0.05) is 45.7 Å². The Hall–Kier alpha value is -0.980. The van der Waals surface area contributed by atoms with E-state index in [-0.39, 0.29) is 0 Å². The lowest BCUT2D eigenvalue weighted by molar-refractivity contribution is 0.256. The van der Waals surface area contributed by atoms with Crippen molar-refractivity contribution in [3.63, 3.8) is 0 Å². The van der Waals surface area contributed by atoms with E-state index in [4.69, 9.17) is 4.74 Å². The van der Waals surface area contributed by atoms with Crippen LogP contribution < -0.4 is 4.74 Å². The third kappa shape index (κ3) is 4.37. The summed E-state index contributed by atoms with van der Waals surface area (Å²) in [5.74, 6) is 1.65. The Kier molecular flexibility index (Phi) is 5.23. The van der Waals surface area contributed by atoms with Gasteiger partial charge in [-0.3, -0.25) is 0 Å². The molecule has 0 fully saturated rings. The molecule has 1 atom stereocenters. The van der Waals surface area contributed by atoms with Gasteiger partial charge in [0.05, 0.1) is 6.61 Å². The minimum Gasteiger partial charge on any atom is -0.493 e. The minimum atomic E-state index is 0.639. The van der Waals surface area contributed by atoms with Crippen LogP contribution in [0.2, 0.25) is 0 Å². The first-order chi connectivity index (χ1) is 7.26. The Morgan fingerprint density at radius 1 is 1.27 bits per heavy atom. The van der Waals surface area contributed by atoms with E-state index >= 15 is 0 Å². The lowest BCUT2D eigenvalue weighted by atomic mass is 10.1. The van der Waals surface area contributed by atoms with E-state index in [9.17, 15) is 0 Å². The molecule has 15 heavy (non-hydrogen) atoms. The molecule has 0 saturated carbocycles. The first-order valence-electron chi connectivity index (χ1n) is 5.98. The predicted octanol–water partition coefficient (Wildman–Crippen LogP) is 4.06. The van der Waals surface area contributed by atoms with Gasteiger partial charge in [0, 0.05) is 0 Å². The van der Waals surface area contributed by atoms with Crippen molar-refractivity contribution < 1.29 is 4.74 Å². The Morgan fingerprint density at radius 3 is 2.73 bits per heavy atom. The molecule has 0 spiro atoms. The summed E-state index contributed by atoms with van der Waals surface area (Å²) in [6.07, 6.45) is 3.50. The molecule has 0 aliphatic heterocycles. The fraction of sp³-hybridized carbons (Fsp3) is 0.571. The molecule has 1 aromatic rings. The Morgan fingerprint density at radius 2 is 2.07 bits per heavy atom. The SMILES string of the molecule is CCCc1cccc(OCC(C)CC)c1. The third-order valence-corrected chi connectivity index (χ3v) is 2.67. The molecule has 0 N–H and O–H groups in total. The molecule has 0 saturated heterocycles. The van der Waals surface area contributed by atoms with Crippen LogP contribution in [-0.4, -0.2) is 6.61 Å². The van der Waals surface area contributed by atoms with E-state index in [0.717, 1.165) is 18.8 Å². The molecular formula is C14H22O. The van der Waals surface area contributed by atoms with Gasteiger partial charge in [0.2, 0.25) is 0 Å². The van der Waals surface area contributed by atoms with Gasteiger partial charge in [0.15, 0.2) is 0 Å². The molecule has 84 valence electrons. The van der Waals surface area contributed by atoms with E-state index in [1.165, 1.54) is 18.4 Å². The Labute approximate surface area is 93.5 Å². The summed E-state index contributed by atoms with van der Waals surface area (Å²) in [4.78, 5) is 0. The summed E-state index contributed by atoms with van der Waals surface area (Å²) in [5.41, 5.74) is 1.37. The Balaban J connectivity index is 2.50. The predicted molar refractivity (Wildman–Crippen MR) is 65.4 cm³/mol. The molecule has 0 amide bonds. The van der Waals surface area contributed by atoms with Gasteiger partial charge in [0.1, 0.15) is 5.75 Å². The van der Waals surface area contributed by atoms with Crippen LogP contribution in [0.3, 0.4) is 0 Å². The maximum Gasteiger partial charge on any atom is 0.119 e. The molecular weight excluding hydrogens is 184 g/mol. The molecule has 1 rings (SSSR count). The van der Waals surface area contributed by atoms with Gasteiger partial charge < -0.3 is 4.74 Å². The second kappa shape index (κ2) is 6.49. The molecule has 1 heteroatoms. The summed E-state index contributed by atoms with van der Waals surface area (Å²) < 4.78 is 5.75. The zero-order valence-corrected chi connectivity index (χ0v) is 10.1. The molecule has 1 unspecified atom stereocenters. The van der Waals surface area contributed by atoms with Crippen molar-refractivity contribution >= 4 is 0 Å². The van der Waals surface area contributed by atoms with Crippen LogP contribution in [0.4, 0.5) is 0 Å². The zero-order valence-electron chi connectivity index (χ0n) is 10.1. The molecule has 0 aromatic heterocycles. The maximum absolute atomic E-state index is 5.75. The highest BCUT2D eigenvalue weighted by Crippen LogP contribution is 2.15. The van der Waals surface area contributed by atoms with Crippen molar-refractivity contribution in [2.24, 2.45) is 5.92 Å². The average Bonchev–Trinajstić information content (AvgIpc) is 2.27. The van der Waals surface area contributed by atoms with Crippen molar-refractivity contribution in [3.05, 3.63) is 29.8 Å². The second-order valence-electron chi connectivity index (χ2n) is 4.22. The van der Waals surface area contributed by atoms with Crippen LogP contribution in [0.5, 0.6) is 5.75 Å². The van der Waals surface area contributed by atoms with Gasteiger partial charge in [-0.25, -0.2) is 0 Å². The fourth-order valence-corrected chi connectivity index (χ4v) is 1.44. The van der Waals surface area contributed by atoms with Gasteiger partial charge in [-0.05, 0) is 30.0 Å². The van der Waals surface area contributed by atoms with Crippen LogP contribution in [-0.2, 0) is 6.42 Å². The zero-order chi connectivity index (χ0) is 11.1. The molecule has 0 aliphatic carbocycles. The van der Waals surface area contributed by atoms with Crippen LogP contribution >= 0.6 is 0 Å². The quantitative estimate of drug-likeness (QED) is 0.682. The molecule has 0 radical (unpaired) electrons. The topological polar surface area (TPSA) is 9.23 Å². The number of hydrogen-bond acceptors (Lipinski definition) is 1. The van der Waals surface area contributed by atoms with Crippen molar-refractivity contribution in [1.82, 2.24) is 0 Å². The summed E-state index contributed by atoms with van der Waals surface area (Å²) in [7, 11) is 0. The van der Waals surface area contributed by atoms with Crippen molar-refractivity contribution in [3.8, 4) is 5.75 Å². The molecule has 0 aliphatic rings. The highest BCUT2D eigenvalue weighted by molar-refractivity contribution is 5.28. The van der Waals surface area contributed by atoms with Crippen LogP contribution in [0.1, 0.15) is 39.2 Å². The van der Waals surface area contributed by atoms with E-state index in [1.54, 1.807) is 0 Å². The summed E-state index contributed by atoms with van der Waals surface area (Å²) in [6, 6.07) is 8.45. The summed E-state index contributed by atoms with van der Waals surface area (Å²) >= 11 is 0. The summed E-state index contributed by atoms with van der Waals surface area (Å²) in [6.45, 7) is 7.44. The Bertz CT molecular complexity index is 280. The molecule has 0 heterocycles. The first-order valence-corrected chi connectivity index (χ1v) is 5.98. The average molecular weight is 206 g/mol. The summed E-state index contributed by atoms with van der Waals surface area (Å²) in [5, 5.41) is 0. The molecule has 0 bridgehead atoms. The van der Waals surface area contributed by atoms with E-state index in [0.29, 0.717) is 5.92 Å². The second-order valence-corrected chi connectivity index (χ2v) is 4.22. The standard InChI is InChI=1S/C14H22O/c1-4-7-13-8-6-9-14(10-13)15-11-12(3)5-2/h6,8-10,12H,4-5,7,11H2,1-3H3. The minimum absolute atomic E-state index is 0.639. The lowest BCUT2D eigenvalue weighted by Crippen LogP contribution is -2.07. The largest absolute Gasteiger partial charge is 0.493 e. The highest BCUT2D eigenvalue weighted by Gasteiger charge is 2.00. The van der Waals surface area contributed by atoms with Gasteiger partial charge in [-0.2, -0.15) is 0 Å². The van der Waals surface area contributed by atoms with Crippen molar-refractivity contribution in [2.45, 2.75) is 40.0 Å². The van der Waals surface area contributed by atoms with Crippen molar-refractivity contribution in [1.29, 1.82) is 0 Å².